The summed E-state index contributed by atoms with van der Waals surface area (Å²) in [5.74, 6) is -0.154. The molecule has 0 saturated heterocycles. The van der Waals surface area contributed by atoms with Crippen molar-refractivity contribution in [3.63, 3.8) is 0 Å². The minimum atomic E-state index is -0.154. The molecule has 0 atom stereocenters. The van der Waals surface area contributed by atoms with E-state index in [1.54, 1.807) is 6.07 Å². The Kier molecular flexibility index (Phi) is 3.67. The van der Waals surface area contributed by atoms with Crippen LogP contribution in [0, 0.1) is 5.82 Å². The van der Waals surface area contributed by atoms with Crippen LogP contribution in [-0.2, 0) is 6.54 Å². The lowest BCUT2D eigenvalue weighted by Gasteiger charge is -2.26. The lowest BCUT2D eigenvalue weighted by Crippen LogP contribution is -2.28. The maximum absolute atomic E-state index is 13.3. The van der Waals surface area contributed by atoms with E-state index in [2.05, 4.69) is 31.1 Å². The number of hydrogen-bond acceptors (Lipinski definition) is 2. The van der Waals surface area contributed by atoms with Crippen LogP contribution in [0.5, 0.6) is 0 Å². The zero-order valence-electron chi connectivity index (χ0n) is 10.8. The quantitative estimate of drug-likeness (QED) is 0.845. The van der Waals surface area contributed by atoms with Gasteiger partial charge in [0.15, 0.2) is 0 Å². The normalized spacial score (nSPS) is 15.4. The molecule has 0 radical (unpaired) electrons. The van der Waals surface area contributed by atoms with E-state index in [1.165, 1.54) is 18.9 Å². The molecule has 17 heavy (non-hydrogen) atoms. The van der Waals surface area contributed by atoms with Crippen molar-refractivity contribution in [2.45, 2.75) is 45.3 Å². The fourth-order valence-electron chi connectivity index (χ4n) is 1.86. The summed E-state index contributed by atoms with van der Waals surface area (Å²) >= 11 is 0. The van der Waals surface area contributed by atoms with Crippen LogP contribution in [-0.4, -0.2) is 19.1 Å². The number of nitrogens with one attached hydrogen (secondary N) is 1. The predicted octanol–water partition coefficient (Wildman–Crippen LogP) is 2.92. The molecule has 2 rings (SSSR count). The molecule has 0 aliphatic heterocycles. The molecule has 1 aliphatic carbocycles. The van der Waals surface area contributed by atoms with Crippen LogP contribution >= 0.6 is 0 Å². The van der Waals surface area contributed by atoms with E-state index in [4.69, 9.17) is 0 Å². The Bertz CT molecular complexity index is 386. The molecule has 1 aromatic carbocycles. The lowest BCUT2D eigenvalue weighted by atomic mass is 10.1. The Morgan fingerprint density at radius 1 is 1.41 bits per heavy atom. The van der Waals surface area contributed by atoms with Crippen molar-refractivity contribution in [1.29, 1.82) is 0 Å². The Hall–Kier alpha value is -1.09. The van der Waals surface area contributed by atoms with E-state index in [1.807, 2.05) is 6.07 Å². The summed E-state index contributed by atoms with van der Waals surface area (Å²) in [6.07, 6.45) is 2.51. The molecule has 2 nitrogen and oxygen atoms in total. The molecule has 3 heteroatoms. The van der Waals surface area contributed by atoms with Gasteiger partial charge in [-0.3, -0.25) is 0 Å². The summed E-state index contributed by atoms with van der Waals surface area (Å²) < 4.78 is 13.3. The fraction of sp³-hybridized carbons (Fsp3) is 0.571. The number of anilines is 1. The summed E-state index contributed by atoms with van der Waals surface area (Å²) in [6, 6.07) is 6.12. The summed E-state index contributed by atoms with van der Waals surface area (Å²) in [4.78, 5) is 2.18. The van der Waals surface area contributed by atoms with Gasteiger partial charge >= 0.3 is 0 Å². The van der Waals surface area contributed by atoms with Gasteiger partial charge in [-0.15, -0.1) is 0 Å². The monoisotopic (exact) mass is 236 g/mol. The van der Waals surface area contributed by atoms with Crippen LogP contribution in [0.25, 0.3) is 0 Å². The van der Waals surface area contributed by atoms with Gasteiger partial charge in [0, 0.05) is 31.4 Å². The zero-order chi connectivity index (χ0) is 12.4. The van der Waals surface area contributed by atoms with Crippen LogP contribution in [0.2, 0.25) is 0 Å². The van der Waals surface area contributed by atoms with Gasteiger partial charge in [0.2, 0.25) is 0 Å². The standard InChI is InChI=1S/C14H21FN2/c1-10(2)17(3)14-7-4-12(15)8-11(14)9-16-13-5-6-13/h4,7-8,10,13,16H,5-6,9H2,1-3H3. The Balaban J connectivity index is 2.16. The molecular formula is C14H21FN2. The van der Waals surface area contributed by atoms with Crippen LogP contribution in [0.15, 0.2) is 18.2 Å². The summed E-state index contributed by atoms with van der Waals surface area (Å²) in [6.45, 7) is 5.04. The Morgan fingerprint density at radius 2 is 2.12 bits per heavy atom. The van der Waals surface area contributed by atoms with Crippen LogP contribution in [0.3, 0.4) is 0 Å². The maximum atomic E-state index is 13.3. The number of nitrogens with zero attached hydrogens (tertiary/aromatic N) is 1. The molecule has 0 amide bonds. The van der Waals surface area contributed by atoms with E-state index in [-0.39, 0.29) is 5.82 Å². The molecule has 0 unspecified atom stereocenters. The zero-order valence-corrected chi connectivity index (χ0v) is 10.8. The van der Waals surface area contributed by atoms with Gasteiger partial charge in [-0.05, 0) is 50.5 Å². The topological polar surface area (TPSA) is 15.3 Å². The van der Waals surface area contributed by atoms with Gasteiger partial charge in [-0.2, -0.15) is 0 Å². The van der Waals surface area contributed by atoms with E-state index in [0.717, 1.165) is 17.8 Å². The van der Waals surface area contributed by atoms with Gasteiger partial charge in [-0.25, -0.2) is 4.39 Å². The maximum Gasteiger partial charge on any atom is 0.123 e. The van der Waals surface area contributed by atoms with Crippen molar-refractivity contribution in [3.8, 4) is 0 Å². The smallest absolute Gasteiger partial charge is 0.123 e. The third kappa shape index (κ3) is 3.19. The fourth-order valence-corrected chi connectivity index (χ4v) is 1.86. The van der Waals surface area contributed by atoms with Crippen molar-refractivity contribution < 1.29 is 4.39 Å². The van der Waals surface area contributed by atoms with Crippen molar-refractivity contribution in [2.24, 2.45) is 0 Å². The third-order valence-electron chi connectivity index (χ3n) is 3.35. The minimum absolute atomic E-state index is 0.154. The molecule has 0 bridgehead atoms. The third-order valence-corrected chi connectivity index (χ3v) is 3.35. The van der Waals surface area contributed by atoms with Gasteiger partial charge < -0.3 is 10.2 Å². The first kappa shape index (κ1) is 12.4. The number of benzene rings is 1. The molecule has 1 saturated carbocycles. The predicted molar refractivity (Wildman–Crippen MR) is 69.8 cm³/mol. The molecule has 94 valence electrons. The van der Waals surface area contributed by atoms with Crippen molar-refractivity contribution >= 4 is 5.69 Å². The molecule has 1 N–H and O–H groups in total. The molecule has 0 spiro atoms. The average molecular weight is 236 g/mol. The number of halogens is 1. The van der Waals surface area contributed by atoms with Crippen molar-refractivity contribution in [3.05, 3.63) is 29.6 Å². The van der Waals surface area contributed by atoms with Crippen molar-refractivity contribution in [1.82, 2.24) is 5.32 Å². The molecule has 1 fully saturated rings. The molecule has 1 aliphatic rings. The molecule has 1 aromatic rings. The SMILES string of the molecule is CC(C)N(C)c1ccc(F)cc1CNC1CC1. The van der Waals surface area contributed by atoms with Crippen LogP contribution in [0.1, 0.15) is 32.3 Å². The highest BCUT2D eigenvalue weighted by Gasteiger charge is 2.21. The second kappa shape index (κ2) is 5.05. The van der Waals surface area contributed by atoms with Gasteiger partial charge in [0.1, 0.15) is 5.82 Å². The van der Waals surface area contributed by atoms with Crippen LogP contribution < -0.4 is 10.2 Å². The number of rotatable bonds is 5. The first-order valence-electron chi connectivity index (χ1n) is 6.32. The molecular weight excluding hydrogens is 215 g/mol. The molecule has 0 aromatic heterocycles. The van der Waals surface area contributed by atoms with Gasteiger partial charge in [-0.1, -0.05) is 0 Å². The first-order chi connectivity index (χ1) is 8.08. The van der Waals surface area contributed by atoms with Crippen LogP contribution in [0.4, 0.5) is 10.1 Å². The summed E-state index contributed by atoms with van der Waals surface area (Å²) in [5, 5.41) is 3.44. The summed E-state index contributed by atoms with van der Waals surface area (Å²) in [7, 11) is 2.05. The number of hydrogen-bond donors (Lipinski definition) is 1. The Labute approximate surface area is 103 Å². The molecule has 0 heterocycles. The van der Waals surface area contributed by atoms with E-state index >= 15 is 0 Å². The highest BCUT2D eigenvalue weighted by Crippen LogP contribution is 2.24. The first-order valence-corrected chi connectivity index (χ1v) is 6.32. The van der Waals surface area contributed by atoms with Crippen molar-refractivity contribution in [2.75, 3.05) is 11.9 Å². The van der Waals surface area contributed by atoms with E-state index < -0.39 is 0 Å². The van der Waals surface area contributed by atoms with E-state index in [9.17, 15) is 4.39 Å². The second-order valence-corrected chi connectivity index (χ2v) is 5.13. The second-order valence-electron chi connectivity index (χ2n) is 5.13. The minimum Gasteiger partial charge on any atom is -0.372 e. The highest BCUT2D eigenvalue weighted by atomic mass is 19.1. The highest BCUT2D eigenvalue weighted by molar-refractivity contribution is 5.53. The van der Waals surface area contributed by atoms with Gasteiger partial charge in [0.05, 0.1) is 0 Å². The lowest BCUT2D eigenvalue weighted by molar-refractivity contribution is 0.617. The van der Waals surface area contributed by atoms with E-state index in [0.29, 0.717) is 12.1 Å². The van der Waals surface area contributed by atoms with Gasteiger partial charge in [0.25, 0.3) is 0 Å². The summed E-state index contributed by atoms with van der Waals surface area (Å²) in [5.41, 5.74) is 2.17. The Morgan fingerprint density at radius 3 is 2.71 bits per heavy atom. The largest absolute Gasteiger partial charge is 0.372 e. The average Bonchev–Trinajstić information content (AvgIpc) is 3.09.